The van der Waals surface area contributed by atoms with E-state index >= 15 is 0 Å². The quantitative estimate of drug-likeness (QED) is 0.727. The maximum atomic E-state index is 11.3. The predicted molar refractivity (Wildman–Crippen MR) is 70.3 cm³/mol. The molecule has 3 aromatic rings. The van der Waals surface area contributed by atoms with Crippen molar-refractivity contribution in [3.05, 3.63) is 48.3 Å². The van der Waals surface area contributed by atoms with Crippen molar-refractivity contribution in [2.24, 2.45) is 0 Å². The number of methoxy groups -OCH3 is 1. The lowest BCUT2D eigenvalue weighted by atomic mass is 10.2. The van der Waals surface area contributed by atoms with E-state index in [-0.39, 0.29) is 5.69 Å². The van der Waals surface area contributed by atoms with Gasteiger partial charge < -0.3 is 4.74 Å². The van der Waals surface area contributed by atoms with Gasteiger partial charge in [0.25, 0.3) is 0 Å². The Hall–Kier alpha value is -2.96. The maximum Gasteiger partial charge on any atom is 0.360 e. The van der Waals surface area contributed by atoms with Gasteiger partial charge in [0.1, 0.15) is 0 Å². The summed E-state index contributed by atoms with van der Waals surface area (Å²) >= 11 is 0. The number of carbonyl (C=O) groups is 1. The Balaban J connectivity index is 1.91. The van der Waals surface area contributed by atoms with E-state index < -0.39 is 5.97 Å². The number of aromatic amines is 1. The summed E-state index contributed by atoms with van der Waals surface area (Å²) in [7, 11) is 1.30. The van der Waals surface area contributed by atoms with E-state index in [4.69, 9.17) is 0 Å². The second-order valence-electron chi connectivity index (χ2n) is 4.05. The molecule has 0 saturated carbocycles. The number of ether oxygens (including phenoxy) is 1. The molecule has 2 aromatic heterocycles. The number of hydrogen-bond acceptors (Lipinski definition) is 5. The third-order valence-corrected chi connectivity index (χ3v) is 2.77. The monoisotopic (exact) mass is 269 g/mol. The van der Waals surface area contributed by atoms with E-state index in [2.05, 4.69) is 25.2 Å². The first-order valence-electron chi connectivity index (χ1n) is 5.90. The normalized spacial score (nSPS) is 10.4. The molecule has 0 spiro atoms. The standard InChI is InChI=1S/C13H11N5O2/c1-20-13(19)11-8-18(17-15-11)12-7-10(14-16-12)9-5-3-2-4-6-9/h2-8H,1H3,(H,14,16). The lowest BCUT2D eigenvalue weighted by Gasteiger charge is -1.94. The SMILES string of the molecule is COC(=O)c1cn(-c2cc(-c3ccccc3)[nH]n2)nn1. The number of esters is 1. The van der Waals surface area contributed by atoms with Crippen molar-refractivity contribution in [3.8, 4) is 17.1 Å². The lowest BCUT2D eigenvalue weighted by molar-refractivity contribution is 0.0594. The average Bonchev–Trinajstić information content (AvgIpc) is 3.16. The number of carbonyl (C=O) groups excluding carboxylic acids is 1. The average molecular weight is 269 g/mol. The first kappa shape index (κ1) is 12.1. The number of nitrogens with one attached hydrogen (secondary N) is 1. The molecule has 7 heteroatoms. The molecular formula is C13H11N5O2. The molecule has 0 atom stereocenters. The molecule has 0 aliphatic rings. The van der Waals surface area contributed by atoms with Crippen molar-refractivity contribution in [3.63, 3.8) is 0 Å². The molecule has 0 saturated heterocycles. The van der Waals surface area contributed by atoms with E-state index in [0.717, 1.165) is 11.3 Å². The minimum Gasteiger partial charge on any atom is -0.464 e. The van der Waals surface area contributed by atoms with E-state index in [1.807, 2.05) is 36.4 Å². The van der Waals surface area contributed by atoms with Crippen LogP contribution in [0.5, 0.6) is 0 Å². The summed E-state index contributed by atoms with van der Waals surface area (Å²) in [6, 6.07) is 11.6. The van der Waals surface area contributed by atoms with Crippen molar-refractivity contribution < 1.29 is 9.53 Å². The van der Waals surface area contributed by atoms with Crippen molar-refractivity contribution in [1.82, 2.24) is 25.2 Å². The van der Waals surface area contributed by atoms with Crippen LogP contribution in [0, 0.1) is 0 Å². The van der Waals surface area contributed by atoms with E-state index in [1.54, 1.807) is 0 Å². The number of H-pyrrole nitrogens is 1. The van der Waals surface area contributed by atoms with Crippen LogP contribution in [0.1, 0.15) is 10.5 Å². The molecule has 1 aromatic carbocycles. The van der Waals surface area contributed by atoms with E-state index in [0.29, 0.717) is 5.82 Å². The van der Waals surface area contributed by atoms with Gasteiger partial charge in [-0.1, -0.05) is 35.5 Å². The predicted octanol–water partition coefficient (Wildman–Crippen LogP) is 1.44. The first-order chi connectivity index (χ1) is 9.78. The smallest absolute Gasteiger partial charge is 0.360 e. The van der Waals surface area contributed by atoms with Crippen LogP contribution in [0.2, 0.25) is 0 Å². The van der Waals surface area contributed by atoms with Gasteiger partial charge in [-0.2, -0.15) is 9.78 Å². The van der Waals surface area contributed by atoms with Gasteiger partial charge in [-0.05, 0) is 5.56 Å². The van der Waals surface area contributed by atoms with Gasteiger partial charge in [0.15, 0.2) is 11.5 Å². The highest BCUT2D eigenvalue weighted by Crippen LogP contribution is 2.18. The van der Waals surface area contributed by atoms with Crippen LogP contribution in [-0.4, -0.2) is 38.3 Å². The highest BCUT2D eigenvalue weighted by molar-refractivity contribution is 5.86. The van der Waals surface area contributed by atoms with Crippen LogP contribution < -0.4 is 0 Å². The molecule has 1 N–H and O–H groups in total. The van der Waals surface area contributed by atoms with E-state index in [9.17, 15) is 4.79 Å². The van der Waals surface area contributed by atoms with Crippen molar-refractivity contribution in [1.29, 1.82) is 0 Å². The number of benzene rings is 1. The van der Waals surface area contributed by atoms with Crippen molar-refractivity contribution in [2.45, 2.75) is 0 Å². The Kier molecular flexibility index (Phi) is 3.00. The lowest BCUT2D eigenvalue weighted by Crippen LogP contribution is -2.01. The minimum atomic E-state index is -0.532. The van der Waals surface area contributed by atoms with Gasteiger partial charge in [0.05, 0.1) is 19.0 Å². The van der Waals surface area contributed by atoms with Gasteiger partial charge in [0.2, 0.25) is 0 Å². The Bertz CT molecular complexity index is 732. The molecule has 20 heavy (non-hydrogen) atoms. The molecule has 2 heterocycles. The van der Waals surface area contributed by atoms with Gasteiger partial charge in [-0.25, -0.2) is 4.79 Å². The topological polar surface area (TPSA) is 85.7 Å². The summed E-state index contributed by atoms with van der Waals surface area (Å²) in [5, 5.41) is 14.6. The van der Waals surface area contributed by atoms with Gasteiger partial charge in [-0.15, -0.1) is 5.10 Å². The largest absolute Gasteiger partial charge is 0.464 e. The number of aromatic nitrogens is 5. The number of hydrogen-bond donors (Lipinski definition) is 1. The van der Waals surface area contributed by atoms with Gasteiger partial charge in [0, 0.05) is 6.07 Å². The minimum absolute atomic E-state index is 0.136. The second-order valence-corrected chi connectivity index (χ2v) is 4.05. The molecule has 7 nitrogen and oxygen atoms in total. The summed E-state index contributed by atoms with van der Waals surface area (Å²) in [4.78, 5) is 11.3. The molecule has 0 aliphatic carbocycles. The van der Waals surface area contributed by atoms with E-state index in [1.165, 1.54) is 18.0 Å². The zero-order valence-electron chi connectivity index (χ0n) is 10.6. The Morgan fingerprint density at radius 2 is 2.10 bits per heavy atom. The van der Waals surface area contributed by atoms with Gasteiger partial charge in [-0.3, -0.25) is 5.10 Å². The maximum absolute atomic E-state index is 11.3. The van der Waals surface area contributed by atoms with Crippen LogP contribution in [0.15, 0.2) is 42.6 Å². The molecule has 0 bridgehead atoms. The third kappa shape index (κ3) is 2.16. The van der Waals surface area contributed by atoms with Crippen LogP contribution in [0.4, 0.5) is 0 Å². The van der Waals surface area contributed by atoms with Crippen LogP contribution >= 0.6 is 0 Å². The van der Waals surface area contributed by atoms with Crippen molar-refractivity contribution in [2.75, 3.05) is 7.11 Å². The molecule has 3 rings (SSSR count). The zero-order valence-corrected chi connectivity index (χ0v) is 10.6. The fourth-order valence-corrected chi connectivity index (χ4v) is 1.77. The molecule has 0 aliphatic heterocycles. The molecule has 0 unspecified atom stereocenters. The molecule has 100 valence electrons. The summed E-state index contributed by atoms with van der Waals surface area (Å²) in [6.45, 7) is 0. The summed E-state index contributed by atoms with van der Waals surface area (Å²) < 4.78 is 5.99. The fourth-order valence-electron chi connectivity index (χ4n) is 1.77. The molecule has 0 radical (unpaired) electrons. The highest BCUT2D eigenvalue weighted by atomic mass is 16.5. The van der Waals surface area contributed by atoms with Crippen molar-refractivity contribution >= 4 is 5.97 Å². The first-order valence-corrected chi connectivity index (χ1v) is 5.90. The van der Waals surface area contributed by atoms with Crippen LogP contribution in [-0.2, 0) is 4.74 Å². The fraction of sp³-hybridized carbons (Fsp3) is 0.0769. The third-order valence-electron chi connectivity index (χ3n) is 2.77. The van der Waals surface area contributed by atoms with Gasteiger partial charge >= 0.3 is 5.97 Å². The molecule has 0 amide bonds. The number of nitrogens with zero attached hydrogens (tertiary/aromatic N) is 4. The van der Waals surface area contributed by atoms with Crippen LogP contribution in [0.3, 0.4) is 0 Å². The Morgan fingerprint density at radius 3 is 2.85 bits per heavy atom. The highest BCUT2D eigenvalue weighted by Gasteiger charge is 2.13. The Labute approximate surface area is 114 Å². The number of rotatable bonds is 3. The van der Waals surface area contributed by atoms with Crippen LogP contribution in [0.25, 0.3) is 17.1 Å². The summed E-state index contributed by atoms with van der Waals surface area (Å²) in [5.74, 6) is 0.0153. The molecule has 0 fully saturated rings. The summed E-state index contributed by atoms with van der Waals surface area (Å²) in [6.07, 6.45) is 1.47. The molecular weight excluding hydrogens is 258 g/mol. The Morgan fingerprint density at radius 1 is 1.30 bits per heavy atom. The zero-order chi connectivity index (χ0) is 13.9. The second kappa shape index (κ2) is 4.96. The summed E-state index contributed by atoms with van der Waals surface area (Å²) in [5.41, 5.74) is 2.01.